The summed E-state index contributed by atoms with van der Waals surface area (Å²) in [5.74, 6) is -0.257. The third-order valence-electron chi connectivity index (χ3n) is 5.94. The monoisotopic (exact) mass is 391 g/mol. The van der Waals surface area contributed by atoms with Gasteiger partial charge < -0.3 is 4.74 Å². The minimum absolute atomic E-state index is 0.111. The van der Waals surface area contributed by atoms with E-state index in [0.717, 1.165) is 31.2 Å². The number of anilines is 1. The van der Waals surface area contributed by atoms with Crippen molar-refractivity contribution >= 4 is 23.3 Å². The van der Waals surface area contributed by atoms with E-state index in [1.165, 1.54) is 4.90 Å². The zero-order valence-electron chi connectivity index (χ0n) is 16.8. The molecule has 1 saturated carbocycles. The van der Waals surface area contributed by atoms with Crippen LogP contribution >= 0.6 is 0 Å². The largest absolute Gasteiger partial charge is 0.482 e. The van der Waals surface area contributed by atoms with Crippen LogP contribution in [0.3, 0.4) is 0 Å². The fourth-order valence-electron chi connectivity index (χ4n) is 4.32. The van der Waals surface area contributed by atoms with Gasteiger partial charge in [0.25, 0.3) is 0 Å². The van der Waals surface area contributed by atoms with Crippen LogP contribution in [-0.2, 0) is 9.59 Å². The van der Waals surface area contributed by atoms with Crippen LogP contribution in [0.1, 0.15) is 48.5 Å². The highest BCUT2D eigenvalue weighted by atomic mass is 16.5. The molecule has 2 aromatic rings. The molecule has 1 aliphatic heterocycles. The highest BCUT2D eigenvalue weighted by Gasteiger charge is 2.48. The third-order valence-corrected chi connectivity index (χ3v) is 5.94. The van der Waals surface area contributed by atoms with E-state index in [4.69, 9.17) is 4.74 Å². The molecular weight excluding hydrogens is 366 g/mol. The summed E-state index contributed by atoms with van der Waals surface area (Å²) in [6.07, 6.45) is 2.88. The molecule has 0 unspecified atom stereocenters. The molecule has 2 aliphatic rings. The number of aryl methyl sites for hydroxylation is 1. The van der Waals surface area contributed by atoms with Crippen molar-refractivity contribution in [3.63, 3.8) is 0 Å². The molecule has 0 radical (unpaired) electrons. The number of amides is 2. The average Bonchev–Trinajstić information content (AvgIpc) is 2.99. The fraction of sp³-hybridized carbons (Fsp3) is 0.375. The zero-order chi connectivity index (χ0) is 20.5. The number of ether oxygens (including phenoxy) is 1. The number of nitrogens with zero attached hydrogens (tertiary/aromatic N) is 1. The molecule has 4 rings (SSSR count). The van der Waals surface area contributed by atoms with Gasteiger partial charge in [-0.2, -0.15) is 0 Å². The van der Waals surface area contributed by atoms with Crippen LogP contribution in [0.2, 0.25) is 0 Å². The molecule has 29 heavy (non-hydrogen) atoms. The number of hydrogen-bond acceptors (Lipinski definition) is 4. The van der Waals surface area contributed by atoms with Gasteiger partial charge in [-0.3, -0.25) is 14.4 Å². The Morgan fingerprint density at radius 3 is 2.24 bits per heavy atom. The van der Waals surface area contributed by atoms with Gasteiger partial charge in [0.05, 0.1) is 17.5 Å². The number of ketones is 1. The maximum Gasteiger partial charge on any atom is 0.237 e. The first kappa shape index (κ1) is 19.4. The van der Waals surface area contributed by atoms with Crippen LogP contribution < -0.4 is 9.64 Å². The predicted molar refractivity (Wildman–Crippen MR) is 110 cm³/mol. The molecule has 2 fully saturated rings. The van der Waals surface area contributed by atoms with Gasteiger partial charge in [-0.05, 0) is 38.8 Å². The van der Waals surface area contributed by atoms with Crippen LogP contribution in [0.25, 0.3) is 0 Å². The minimum Gasteiger partial charge on any atom is -0.482 e. The Morgan fingerprint density at radius 1 is 1.00 bits per heavy atom. The molecule has 0 N–H and O–H groups in total. The van der Waals surface area contributed by atoms with E-state index in [2.05, 4.69) is 0 Å². The zero-order valence-corrected chi connectivity index (χ0v) is 16.8. The van der Waals surface area contributed by atoms with E-state index in [1.807, 2.05) is 19.1 Å². The van der Waals surface area contributed by atoms with Gasteiger partial charge in [0.15, 0.2) is 6.10 Å². The fourth-order valence-corrected chi connectivity index (χ4v) is 4.32. The first-order valence-corrected chi connectivity index (χ1v) is 10.2. The van der Waals surface area contributed by atoms with Crippen molar-refractivity contribution in [2.24, 2.45) is 11.8 Å². The summed E-state index contributed by atoms with van der Waals surface area (Å²) in [4.78, 5) is 39.6. The topological polar surface area (TPSA) is 63.7 Å². The molecular formula is C24H25NO4. The molecule has 0 bridgehead atoms. The molecule has 2 amide bonds. The van der Waals surface area contributed by atoms with Gasteiger partial charge in [0.1, 0.15) is 5.75 Å². The Bertz CT molecular complexity index is 926. The predicted octanol–water partition coefficient (Wildman–Crippen LogP) is 4.32. The summed E-state index contributed by atoms with van der Waals surface area (Å²) in [5.41, 5.74) is 2.19. The first-order chi connectivity index (χ1) is 14.0. The highest BCUT2D eigenvalue weighted by molar-refractivity contribution is 6.22. The lowest BCUT2D eigenvalue weighted by molar-refractivity contribution is -0.122. The summed E-state index contributed by atoms with van der Waals surface area (Å²) in [7, 11) is 0. The molecule has 1 aliphatic carbocycles. The minimum atomic E-state index is -0.680. The van der Waals surface area contributed by atoms with Gasteiger partial charge in [0.2, 0.25) is 17.6 Å². The summed E-state index contributed by atoms with van der Waals surface area (Å²) >= 11 is 0. The highest BCUT2D eigenvalue weighted by Crippen LogP contribution is 2.40. The first-order valence-electron chi connectivity index (χ1n) is 10.2. The summed E-state index contributed by atoms with van der Waals surface area (Å²) in [6, 6.07) is 14.3. The summed E-state index contributed by atoms with van der Waals surface area (Å²) in [5, 5.41) is 0. The number of hydrogen-bond donors (Lipinski definition) is 0. The van der Waals surface area contributed by atoms with Gasteiger partial charge >= 0.3 is 0 Å². The SMILES string of the molecule is Cc1ccc(C(=O)[C@H](C)Oc2cccc(N3C(=O)[C@H]4CCCC[C@H]4C3=O)c2)cc1. The van der Waals surface area contributed by atoms with Gasteiger partial charge in [-0.25, -0.2) is 4.90 Å². The molecule has 5 nitrogen and oxygen atoms in total. The van der Waals surface area contributed by atoms with Crippen molar-refractivity contribution in [2.45, 2.75) is 45.6 Å². The van der Waals surface area contributed by atoms with E-state index in [9.17, 15) is 14.4 Å². The Balaban J connectivity index is 1.51. The van der Waals surface area contributed by atoms with Gasteiger partial charge in [0, 0.05) is 11.6 Å². The van der Waals surface area contributed by atoms with E-state index in [-0.39, 0.29) is 29.4 Å². The quantitative estimate of drug-likeness (QED) is 0.562. The Labute approximate surface area is 170 Å². The number of fused-ring (bicyclic) bond motifs is 1. The molecule has 150 valence electrons. The van der Waals surface area contributed by atoms with Crippen molar-refractivity contribution in [1.82, 2.24) is 0 Å². The smallest absolute Gasteiger partial charge is 0.237 e. The van der Waals surface area contributed by atoms with Crippen LogP contribution in [-0.4, -0.2) is 23.7 Å². The molecule has 1 saturated heterocycles. The number of rotatable bonds is 5. The van der Waals surface area contributed by atoms with Crippen LogP contribution in [0, 0.1) is 18.8 Å². The lowest BCUT2D eigenvalue weighted by atomic mass is 9.81. The summed E-state index contributed by atoms with van der Waals surface area (Å²) < 4.78 is 5.85. The number of benzene rings is 2. The van der Waals surface area contributed by atoms with Crippen molar-refractivity contribution in [3.8, 4) is 5.75 Å². The van der Waals surface area contributed by atoms with E-state index in [1.54, 1.807) is 43.3 Å². The molecule has 0 spiro atoms. The van der Waals surface area contributed by atoms with Gasteiger partial charge in [-0.1, -0.05) is 48.7 Å². The van der Waals surface area contributed by atoms with Crippen LogP contribution in [0.5, 0.6) is 5.75 Å². The second-order valence-corrected chi connectivity index (χ2v) is 8.00. The van der Waals surface area contributed by atoms with Crippen molar-refractivity contribution in [2.75, 3.05) is 4.90 Å². The molecule has 0 aromatic heterocycles. The summed E-state index contributed by atoms with van der Waals surface area (Å²) in [6.45, 7) is 3.67. The van der Waals surface area contributed by atoms with E-state index >= 15 is 0 Å². The van der Waals surface area contributed by atoms with Crippen molar-refractivity contribution in [1.29, 1.82) is 0 Å². The van der Waals surface area contributed by atoms with E-state index < -0.39 is 6.10 Å². The maximum atomic E-state index is 12.8. The van der Waals surface area contributed by atoms with Crippen LogP contribution in [0.15, 0.2) is 48.5 Å². The molecule has 3 atom stereocenters. The lowest BCUT2D eigenvalue weighted by Gasteiger charge is -2.19. The van der Waals surface area contributed by atoms with E-state index in [0.29, 0.717) is 17.0 Å². The van der Waals surface area contributed by atoms with Crippen molar-refractivity contribution in [3.05, 3.63) is 59.7 Å². The Hall–Kier alpha value is -2.95. The molecule has 1 heterocycles. The number of carbonyl (C=O) groups is 3. The second-order valence-electron chi connectivity index (χ2n) is 8.00. The second kappa shape index (κ2) is 7.82. The van der Waals surface area contributed by atoms with Gasteiger partial charge in [-0.15, -0.1) is 0 Å². The number of carbonyl (C=O) groups excluding carboxylic acids is 3. The maximum absolute atomic E-state index is 12.8. The normalized spacial score (nSPS) is 22.3. The third kappa shape index (κ3) is 3.69. The molecule has 5 heteroatoms. The van der Waals surface area contributed by atoms with Crippen LogP contribution in [0.4, 0.5) is 5.69 Å². The Morgan fingerprint density at radius 2 is 1.62 bits per heavy atom. The lowest BCUT2D eigenvalue weighted by Crippen LogP contribution is -2.31. The molecule has 2 aromatic carbocycles. The number of imide groups is 1. The Kier molecular flexibility index (Phi) is 5.22. The standard InChI is InChI=1S/C24H25NO4/c1-15-10-12-17(13-11-15)22(26)16(2)29-19-7-5-6-18(14-19)25-23(27)20-8-3-4-9-21(20)24(25)28/h5-7,10-14,16,20-21H,3-4,8-9H2,1-2H3/t16-,20-,21+/m0/s1. The number of Topliss-reactive ketones (excluding diaryl/α,β-unsaturated/α-hetero) is 1. The van der Waals surface area contributed by atoms with Crippen molar-refractivity contribution < 1.29 is 19.1 Å². The average molecular weight is 391 g/mol.